The van der Waals surface area contributed by atoms with E-state index >= 15 is 0 Å². The van der Waals surface area contributed by atoms with Gasteiger partial charge in [0.25, 0.3) is 5.91 Å². The number of carboxylic acid groups (broad SMARTS) is 1. The van der Waals surface area contributed by atoms with E-state index in [9.17, 15) is 9.59 Å². The number of halogens is 1. The Morgan fingerprint density at radius 1 is 1.23 bits per heavy atom. The van der Waals surface area contributed by atoms with E-state index in [1.807, 2.05) is 13.8 Å². The van der Waals surface area contributed by atoms with Gasteiger partial charge < -0.3 is 19.5 Å². The zero-order chi connectivity index (χ0) is 19.9. The van der Waals surface area contributed by atoms with Crippen LogP contribution in [0, 0.1) is 5.92 Å². The van der Waals surface area contributed by atoms with Crippen molar-refractivity contribution in [2.75, 3.05) is 20.3 Å². The number of hydrogen-bond acceptors (Lipinski definition) is 4. The highest BCUT2D eigenvalue weighted by Gasteiger charge is 2.23. The molecule has 0 heterocycles. The van der Waals surface area contributed by atoms with Crippen molar-refractivity contribution in [1.82, 2.24) is 4.90 Å². The smallest absolute Gasteiger partial charge is 0.305 e. The van der Waals surface area contributed by atoms with Gasteiger partial charge in [-0.15, -0.1) is 0 Å². The minimum absolute atomic E-state index is 0.120. The van der Waals surface area contributed by atoms with Crippen LogP contribution in [-0.4, -0.2) is 48.2 Å². The first-order valence-electron chi connectivity index (χ1n) is 8.70. The molecule has 1 aromatic rings. The number of ether oxygens (including phenoxy) is 2. The first kappa shape index (κ1) is 22.1. The summed E-state index contributed by atoms with van der Waals surface area (Å²) in [5, 5.41) is 9.18. The van der Waals surface area contributed by atoms with E-state index in [-0.39, 0.29) is 24.9 Å². The number of nitrogens with zero attached hydrogens (tertiary/aromatic N) is 1. The topological polar surface area (TPSA) is 76.1 Å². The molecule has 0 aliphatic carbocycles. The van der Waals surface area contributed by atoms with Crippen LogP contribution in [0.15, 0.2) is 12.1 Å². The van der Waals surface area contributed by atoms with E-state index in [1.165, 1.54) is 18.1 Å². The van der Waals surface area contributed by atoms with Crippen LogP contribution in [0.2, 0.25) is 5.02 Å². The van der Waals surface area contributed by atoms with Crippen molar-refractivity contribution in [3.05, 3.63) is 22.7 Å². The van der Waals surface area contributed by atoms with E-state index in [0.29, 0.717) is 34.6 Å². The summed E-state index contributed by atoms with van der Waals surface area (Å²) >= 11 is 6.31. The van der Waals surface area contributed by atoms with Crippen molar-refractivity contribution in [2.45, 2.75) is 46.6 Å². The minimum atomic E-state index is -0.951. The maximum absolute atomic E-state index is 12.8. The predicted octanol–water partition coefficient (Wildman–Crippen LogP) is 4.10. The van der Waals surface area contributed by atoms with Crippen LogP contribution in [0.4, 0.5) is 0 Å². The van der Waals surface area contributed by atoms with Gasteiger partial charge in [0.15, 0.2) is 11.5 Å². The monoisotopic (exact) mass is 385 g/mol. The van der Waals surface area contributed by atoms with Crippen LogP contribution < -0.4 is 9.47 Å². The van der Waals surface area contributed by atoms with Gasteiger partial charge in [-0.05, 0) is 38.3 Å². The lowest BCUT2D eigenvalue weighted by Crippen LogP contribution is -2.38. The van der Waals surface area contributed by atoms with Crippen LogP contribution in [-0.2, 0) is 4.79 Å². The fourth-order valence-corrected chi connectivity index (χ4v) is 2.62. The number of rotatable bonds is 10. The molecule has 0 bridgehead atoms. The summed E-state index contributed by atoms with van der Waals surface area (Å²) in [6, 6.07) is 2.97. The molecule has 26 heavy (non-hydrogen) atoms. The van der Waals surface area contributed by atoms with E-state index < -0.39 is 5.97 Å². The quantitative estimate of drug-likeness (QED) is 0.656. The Hall–Kier alpha value is -1.95. The second-order valence-corrected chi connectivity index (χ2v) is 7.16. The molecule has 1 amide bonds. The zero-order valence-corrected chi connectivity index (χ0v) is 16.8. The van der Waals surface area contributed by atoms with Gasteiger partial charge in [0, 0.05) is 18.2 Å². The van der Waals surface area contributed by atoms with Crippen molar-refractivity contribution in [1.29, 1.82) is 0 Å². The molecule has 0 saturated heterocycles. The van der Waals surface area contributed by atoms with Crippen molar-refractivity contribution in [3.8, 4) is 11.5 Å². The average Bonchev–Trinajstić information content (AvgIpc) is 2.54. The summed E-state index contributed by atoms with van der Waals surface area (Å²) in [5.41, 5.74) is 0.335. The van der Waals surface area contributed by atoms with E-state index in [4.69, 9.17) is 26.2 Å². The molecule has 0 aliphatic rings. The van der Waals surface area contributed by atoms with Gasteiger partial charge in [0.2, 0.25) is 0 Å². The second-order valence-electron chi connectivity index (χ2n) is 6.76. The minimum Gasteiger partial charge on any atom is -0.493 e. The Morgan fingerprint density at radius 3 is 2.38 bits per heavy atom. The van der Waals surface area contributed by atoms with E-state index in [0.717, 1.165) is 6.42 Å². The molecular weight excluding hydrogens is 358 g/mol. The third-order valence-electron chi connectivity index (χ3n) is 3.87. The fourth-order valence-electron chi connectivity index (χ4n) is 2.36. The van der Waals surface area contributed by atoms with Gasteiger partial charge in [0.1, 0.15) is 0 Å². The highest BCUT2D eigenvalue weighted by atomic mass is 35.5. The molecular formula is C19H28ClNO5. The molecule has 0 aromatic heterocycles. The summed E-state index contributed by atoms with van der Waals surface area (Å²) in [4.78, 5) is 25.1. The van der Waals surface area contributed by atoms with E-state index in [2.05, 4.69) is 13.8 Å². The molecule has 0 atom stereocenters. The molecule has 1 aromatic carbocycles. The second kappa shape index (κ2) is 10.3. The van der Waals surface area contributed by atoms with Gasteiger partial charge >= 0.3 is 5.97 Å². The lowest BCUT2D eigenvalue weighted by atomic mass is 10.1. The Labute approximate surface area is 160 Å². The van der Waals surface area contributed by atoms with Crippen LogP contribution >= 0.6 is 11.6 Å². The van der Waals surface area contributed by atoms with Crippen molar-refractivity contribution >= 4 is 23.5 Å². The first-order chi connectivity index (χ1) is 12.2. The average molecular weight is 386 g/mol. The number of methoxy groups -OCH3 is 1. The molecule has 0 radical (unpaired) electrons. The molecule has 6 nitrogen and oxygen atoms in total. The van der Waals surface area contributed by atoms with Gasteiger partial charge in [-0.1, -0.05) is 25.4 Å². The molecule has 0 saturated carbocycles. The normalized spacial score (nSPS) is 10.9. The summed E-state index contributed by atoms with van der Waals surface area (Å²) in [6.07, 6.45) is 0.752. The highest BCUT2D eigenvalue weighted by molar-refractivity contribution is 6.32. The molecule has 0 fully saturated rings. The number of amides is 1. The molecule has 1 rings (SSSR count). The van der Waals surface area contributed by atoms with Crippen LogP contribution in [0.5, 0.6) is 11.5 Å². The molecule has 0 spiro atoms. The Balaban J connectivity index is 3.06. The molecule has 0 unspecified atom stereocenters. The summed E-state index contributed by atoms with van der Waals surface area (Å²) in [6.45, 7) is 8.49. The van der Waals surface area contributed by atoms with Crippen LogP contribution in [0.25, 0.3) is 0 Å². The summed E-state index contributed by atoms with van der Waals surface area (Å²) in [5.74, 6) is 0.0390. The molecule has 146 valence electrons. The lowest BCUT2D eigenvalue weighted by molar-refractivity contribution is -0.137. The van der Waals surface area contributed by atoms with Gasteiger partial charge in [-0.3, -0.25) is 9.59 Å². The first-order valence-corrected chi connectivity index (χ1v) is 9.08. The standard InChI is InChI=1S/C19H28ClNO5/c1-12(2)7-9-26-18-15(20)10-14(11-16(18)25-5)19(24)21(13(3)4)8-6-17(22)23/h10-13H,6-9H2,1-5H3,(H,22,23). The zero-order valence-electron chi connectivity index (χ0n) is 16.0. The highest BCUT2D eigenvalue weighted by Crippen LogP contribution is 2.37. The molecule has 7 heteroatoms. The number of carboxylic acids is 1. The number of aliphatic carboxylic acids is 1. The van der Waals surface area contributed by atoms with Crippen molar-refractivity contribution in [2.24, 2.45) is 5.92 Å². The van der Waals surface area contributed by atoms with Crippen molar-refractivity contribution < 1.29 is 24.2 Å². The molecule has 0 aliphatic heterocycles. The van der Waals surface area contributed by atoms with Gasteiger partial charge in [-0.2, -0.15) is 0 Å². The van der Waals surface area contributed by atoms with Crippen molar-refractivity contribution in [3.63, 3.8) is 0 Å². The number of hydrogen-bond donors (Lipinski definition) is 1. The summed E-state index contributed by atoms with van der Waals surface area (Å²) < 4.78 is 11.1. The number of carbonyl (C=O) groups is 2. The summed E-state index contributed by atoms with van der Waals surface area (Å²) in [7, 11) is 1.49. The maximum atomic E-state index is 12.8. The van der Waals surface area contributed by atoms with Crippen LogP contribution in [0.1, 0.15) is 50.9 Å². The van der Waals surface area contributed by atoms with Crippen LogP contribution in [0.3, 0.4) is 0 Å². The Bertz CT molecular complexity index is 631. The van der Waals surface area contributed by atoms with Gasteiger partial charge in [0.05, 0.1) is 25.2 Å². The third-order valence-corrected chi connectivity index (χ3v) is 4.15. The number of carbonyl (C=O) groups excluding carboxylic acids is 1. The SMILES string of the molecule is COc1cc(C(=O)N(CCC(=O)O)C(C)C)cc(Cl)c1OCCC(C)C. The lowest BCUT2D eigenvalue weighted by Gasteiger charge is -2.26. The maximum Gasteiger partial charge on any atom is 0.305 e. The van der Waals surface area contributed by atoms with E-state index in [1.54, 1.807) is 6.07 Å². The number of benzene rings is 1. The predicted molar refractivity (Wildman–Crippen MR) is 101 cm³/mol. The molecule has 1 N–H and O–H groups in total. The van der Waals surface area contributed by atoms with Gasteiger partial charge in [-0.25, -0.2) is 0 Å². The Morgan fingerprint density at radius 2 is 1.88 bits per heavy atom. The fraction of sp³-hybridized carbons (Fsp3) is 0.579. The Kier molecular flexibility index (Phi) is 8.72. The largest absolute Gasteiger partial charge is 0.493 e. The third kappa shape index (κ3) is 6.41.